The number of hydrogen-bond acceptors (Lipinski definition) is 20. The number of carbonyl (C=O) groups excluding carboxylic acids is 10. The van der Waals surface area contributed by atoms with Crippen LogP contribution in [0.15, 0.2) is 0 Å². The third-order valence-electron chi connectivity index (χ3n) is 39.1. The maximum atomic E-state index is 12.2. The molecule has 0 radical (unpaired) electrons. The lowest BCUT2D eigenvalue weighted by molar-refractivity contribution is -0.157. The molecule has 20 heteroatoms. The second-order valence-electron chi connectivity index (χ2n) is 44.9. The van der Waals surface area contributed by atoms with Crippen LogP contribution < -0.4 is 0 Å². The highest BCUT2D eigenvalue weighted by Gasteiger charge is 2.74. The monoisotopic (exact) mass is 1730 g/mol. The summed E-state index contributed by atoms with van der Waals surface area (Å²) in [5.74, 6) is 24.1. The number of methoxy groups -OCH3 is 5. The van der Waals surface area contributed by atoms with E-state index >= 15 is 0 Å². The Labute approximate surface area is 744 Å². The van der Waals surface area contributed by atoms with E-state index in [9.17, 15) is 47.9 Å². The van der Waals surface area contributed by atoms with Crippen molar-refractivity contribution in [3.63, 3.8) is 0 Å². The molecule has 23 fully saturated rings. The molecule has 20 nitrogen and oxygen atoms in total. The van der Waals surface area contributed by atoms with Crippen LogP contribution in [-0.2, 0) is 95.3 Å². The molecular weight excluding hydrogens is 1570 g/mol. The number of fused-ring (bicyclic) bond motifs is 43. The number of esters is 10. The van der Waals surface area contributed by atoms with Crippen molar-refractivity contribution in [3.8, 4) is 0 Å². The summed E-state index contributed by atoms with van der Waals surface area (Å²) in [5, 5.41) is 0. The van der Waals surface area contributed by atoms with Gasteiger partial charge >= 0.3 is 59.7 Å². The van der Waals surface area contributed by atoms with E-state index in [1.807, 2.05) is 96.9 Å². The normalized spacial score (nSPS) is 43.3. The third kappa shape index (κ3) is 17.9. The van der Waals surface area contributed by atoms with E-state index in [1.54, 1.807) is 0 Å². The summed E-state index contributed by atoms with van der Waals surface area (Å²) in [6, 6.07) is 0. The molecule has 700 valence electrons. The fourth-order valence-electron chi connectivity index (χ4n) is 32.6. The summed E-state index contributed by atoms with van der Waals surface area (Å²) in [6.45, 7) is 28.3. The van der Waals surface area contributed by atoms with Gasteiger partial charge in [-0.15, -0.1) is 0 Å². The zero-order valence-electron chi connectivity index (χ0n) is 80.0. The van der Waals surface area contributed by atoms with Crippen molar-refractivity contribution in [3.05, 3.63) is 0 Å². The molecular formula is C104H164O20. The number of cyclic esters (lactones) is 2. The Hall–Kier alpha value is -5.30. The van der Waals surface area contributed by atoms with Gasteiger partial charge in [0.1, 0.15) is 16.8 Å². The van der Waals surface area contributed by atoms with Crippen molar-refractivity contribution in [2.75, 3.05) is 48.8 Å². The van der Waals surface area contributed by atoms with E-state index < -0.39 is 0 Å². The third-order valence-corrected chi connectivity index (χ3v) is 39.1. The molecule has 124 heavy (non-hydrogen) atoms. The molecule has 18 bridgehead atoms. The van der Waals surface area contributed by atoms with E-state index in [0.717, 1.165) is 200 Å². The minimum atomic E-state index is -0.311. The average molecular weight is 1730 g/mol. The van der Waals surface area contributed by atoms with Gasteiger partial charge < -0.3 is 47.4 Å². The molecule has 23 aliphatic rings. The first-order valence-electron chi connectivity index (χ1n) is 50.6. The number of ether oxygens (including phenoxy) is 10. The van der Waals surface area contributed by atoms with Gasteiger partial charge in [0.2, 0.25) is 0 Å². The van der Waals surface area contributed by atoms with Crippen LogP contribution in [0.25, 0.3) is 0 Å². The van der Waals surface area contributed by atoms with Gasteiger partial charge in [-0.25, -0.2) is 0 Å². The zero-order valence-corrected chi connectivity index (χ0v) is 80.0. The first kappa shape index (κ1) is 96.3. The van der Waals surface area contributed by atoms with Crippen LogP contribution in [0.2, 0.25) is 0 Å². The van der Waals surface area contributed by atoms with Crippen LogP contribution in [0, 0.1) is 193 Å². The van der Waals surface area contributed by atoms with Crippen molar-refractivity contribution < 1.29 is 95.3 Å². The van der Waals surface area contributed by atoms with E-state index in [-0.39, 0.29) is 116 Å². The van der Waals surface area contributed by atoms with Gasteiger partial charge in [0, 0.05) is 31.1 Å². The molecule has 0 aromatic rings. The zero-order chi connectivity index (χ0) is 89.7. The van der Waals surface area contributed by atoms with E-state index in [2.05, 4.69) is 23.7 Å². The largest absolute Gasteiger partial charge is 0.469 e. The van der Waals surface area contributed by atoms with Crippen LogP contribution in [0.1, 0.15) is 335 Å². The smallest absolute Gasteiger partial charge is 0.312 e. The highest BCUT2D eigenvalue weighted by molar-refractivity contribution is 5.81. The molecule has 18 saturated carbocycles. The van der Waals surface area contributed by atoms with Crippen molar-refractivity contribution >= 4 is 59.7 Å². The van der Waals surface area contributed by atoms with Crippen LogP contribution in [0.3, 0.4) is 0 Å². The number of hydrogen-bond donors (Lipinski definition) is 0. The second kappa shape index (κ2) is 39.0. The summed E-state index contributed by atoms with van der Waals surface area (Å²) in [7, 11) is 7.07. The summed E-state index contributed by atoms with van der Waals surface area (Å²) in [6.07, 6.45) is 44.7. The number of carbonyl (C=O) groups is 10. The predicted octanol–water partition coefficient (Wildman–Crippen LogP) is 20.5. The molecule has 0 N–H and O–H groups in total. The van der Waals surface area contributed by atoms with E-state index in [4.69, 9.17) is 23.7 Å². The molecule has 5 aliphatic heterocycles. The van der Waals surface area contributed by atoms with Gasteiger partial charge in [-0.05, 0) is 388 Å². The Balaban J connectivity index is 0.000000120. The average Bonchev–Trinajstić information content (AvgIpc) is 1.55. The Morgan fingerprint density at radius 1 is 0.347 bits per heavy atom. The number of rotatable bonds is 10. The van der Waals surface area contributed by atoms with Crippen LogP contribution in [0.4, 0.5) is 0 Å². The maximum absolute atomic E-state index is 12.2. The predicted molar refractivity (Wildman–Crippen MR) is 470 cm³/mol. The van der Waals surface area contributed by atoms with Gasteiger partial charge in [-0.1, -0.05) is 69.2 Å². The minimum Gasteiger partial charge on any atom is -0.469 e. The lowest BCUT2D eigenvalue weighted by atomic mass is 9.60. The summed E-state index contributed by atoms with van der Waals surface area (Å²) < 4.78 is 50.3. The van der Waals surface area contributed by atoms with Gasteiger partial charge in [0.15, 0.2) is 0 Å². The topological polar surface area (TPSA) is 263 Å². The standard InChI is InChI=1S/4C15H20O2.C10H14O2.2C7H14O2.3C6H12O2.C2H6/c2*16-14-15(3-4-17-14)7-10-6-11(15)13-9-2-1-8(5-9)12(10)13;2*16-12-3-4-15(17-12)7-10-6-11(15)14-9-2-1-8(5-9)13(10)14;11-9-3-4-10(12-9)6-7-1-2-8(10)5-7;2*1-5-7(2,3)6(8)9-4;3*1-4-5(2)6(7)8-3;1-2/h2*8-13H,1-7H2;2*8-11,13-14H,1-7H2;7-8H,1-6H2;2*5H2,1-4H3;3*5H,4H2,1-3H3;1-2H3. The Morgan fingerprint density at radius 3 is 0.863 bits per heavy atom. The van der Waals surface area contributed by atoms with Gasteiger partial charge in [0.25, 0.3) is 0 Å². The van der Waals surface area contributed by atoms with Gasteiger partial charge in [-0.3, -0.25) is 47.9 Å². The maximum Gasteiger partial charge on any atom is 0.312 e. The molecule has 0 aromatic heterocycles. The van der Waals surface area contributed by atoms with Crippen LogP contribution in [0.5, 0.6) is 0 Å². The van der Waals surface area contributed by atoms with E-state index in [0.29, 0.717) is 50.2 Å². The lowest BCUT2D eigenvalue weighted by Crippen LogP contribution is -2.44. The molecule has 0 amide bonds. The quantitative estimate of drug-likeness (QED) is 0.112. The van der Waals surface area contributed by atoms with Crippen molar-refractivity contribution in [2.24, 2.45) is 193 Å². The Morgan fingerprint density at radius 2 is 0.637 bits per heavy atom. The Bertz CT molecular complexity index is 3560. The van der Waals surface area contributed by atoms with Crippen molar-refractivity contribution in [2.45, 2.75) is 351 Å². The minimum absolute atomic E-state index is 0.00366. The van der Waals surface area contributed by atoms with Crippen LogP contribution >= 0.6 is 0 Å². The molecule has 23 rings (SSSR count). The van der Waals surface area contributed by atoms with E-state index in [1.165, 1.54) is 190 Å². The lowest BCUT2D eigenvalue weighted by Gasteiger charge is -2.43. The molecule has 5 spiro atoms. The molecule has 18 aliphatic carbocycles. The molecule has 5 heterocycles. The molecule has 5 saturated heterocycles. The first-order valence-corrected chi connectivity index (χ1v) is 50.6. The molecule has 34 atom stereocenters. The fourth-order valence-corrected chi connectivity index (χ4v) is 32.6. The second-order valence-corrected chi connectivity index (χ2v) is 44.9. The SMILES string of the molecule is CC.CCC(C)(C)C(=O)OC.CCC(C)(C)C(=O)OC.CCC(C)C(=O)OC.CCC(C)C(=O)OC.CCC(C)C(=O)OC.O=C1CCC2(CC3CC2C2C4CCC(C4)C32)O1.O=C1CCC2(CC3CC2C2C4CCC(C4)C32)O1.O=C1CCC2(CC3CCC2C3)O1.O=C1OCCC12CC1CC2C2C3CCC(C3)C12.O=C1OCCC12CC1CC2C2C3CCC(C3)C12. The fraction of sp³-hybridized carbons (Fsp3) is 0.904. The summed E-state index contributed by atoms with van der Waals surface area (Å²) in [5.41, 5.74) is -0.559. The first-order chi connectivity index (χ1) is 59.1. The highest BCUT2D eigenvalue weighted by atomic mass is 16.6. The van der Waals surface area contributed by atoms with Crippen LogP contribution in [-0.4, -0.2) is 125 Å². The summed E-state index contributed by atoms with van der Waals surface area (Å²) in [4.78, 5) is 112. The van der Waals surface area contributed by atoms with Crippen molar-refractivity contribution in [1.82, 2.24) is 0 Å². The Kier molecular flexibility index (Phi) is 30.3. The van der Waals surface area contributed by atoms with Gasteiger partial charge in [-0.2, -0.15) is 0 Å². The van der Waals surface area contributed by atoms with Gasteiger partial charge in [0.05, 0.1) is 88.2 Å². The molecule has 34 unspecified atom stereocenters. The highest BCUT2D eigenvalue weighted by Crippen LogP contribution is 2.77. The summed E-state index contributed by atoms with van der Waals surface area (Å²) >= 11 is 0. The molecule has 0 aromatic carbocycles. The van der Waals surface area contributed by atoms with Crippen molar-refractivity contribution in [1.29, 1.82) is 0 Å².